The van der Waals surface area contributed by atoms with Gasteiger partial charge in [0.05, 0.1) is 12.1 Å². The summed E-state index contributed by atoms with van der Waals surface area (Å²) in [7, 11) is 0. The zero-order valence-corrected chi connectivity index (χ0v) is 11.2. The summed E-state index contributed by atoms with van der Waals surface area (Å²) < 4.78 is 1.46. The molecule has 1 aliphatic carbocycles. The van der Waals surface area contributed by atoms with Gasteiger partial charge in [-0.2, -0.15) is 9.38 Å². The summed E-state index contributed by atoms with van der Waals surface area (Å²) in [5, 5.41) is 25.6. The molecular weight excluding hydrogens is 268 g/mol. The van der Waals surface area contributed by atoms with E-state index >= 15 is 0 Å². The molecular formula is C11H14N4O3S. The highest BCUT2D eigenvalue weighted by molar-refractivity contribution is 7.15. The number of hydrogen-bond acceptors (Lipinski definition) is 6. The van der Waals surface area contributed by atoms with Crippen LogP contribution in [0.4, 0.5) is 11.6 Å². The smallest absolute Gasteiger partial charge is 0.372 e. The second-order valence-corrected chi connectivity index (χ2v) is 5.94. The highest BCUT2D eigenvalue weighted by atomic mass is 32.1. The van der Waals surface area contributed by atoms with Crippen LogP contribution in [0.1, 0.15) is 19.8 Å². The Bertz CT molecular complexity index is 633. The Hall–Kier alpha value is -1.67. The lowest BCUT2D eigenvalue weighted by molar-refractivity contribution is -0.389. The molecule has 2 aromatic rings. The van der Waals surface area contributed by atoms with E-state index < -0.39 is 10.5 Å². The highest BCUT2D eigenvalue weighted by Crippen LogP contribution is 2.42. The van der Waals surface area contributed by atoms with Crippen LogP contribution in [0, 0.1) is 16.0 Å². The first-order valence-electron chi connectivity index (χ1n) is 6.04. The Kier molecular flexibility index (Phi) is 2.72. The normalized spacial score (nSPS) is 18.4. The fraction of sp³-hybridized carbons (Fsp3) is 0.545. The Morgan fingerprint density at radius 1 is 1.74 bits per heavy atom. The molecule has 0 bridgehead atoms. The number of aliphatic hydroxyl groups is 1. The van der Waals surface area contributed by atoms with E-state index in [1.807, 2.05) is 6.92 Å². The van der Waals surface area contributed by atoms with E-state index in [4.69, 9.17) is 0 Å². The summed E-state index contributed by atoms with van der Waals surface area (Å²) in [6.45, 7) is 1.81. The van der Waals surface area contributed by atoms with Crippen LogP contribution >= 0.6 is 11.3 Å². The molecule has 1 fully saturated rings. The molecule has 0 saturated heterocycles. The number of aromatic nitrogens is 2. The van der Waals surface area contributed by atoms with Gasteiger partial charge < -0.3 is 20.5 Å². The van der Waals surface area contributed by atoms with Crippen molar-refractivity contribution in [2.75, 3.05) is 11.9 Å². The number of nitrogens with one attached hydrogen (secondary N) is 1. The summed E-state index contributed by atoms with van der Waals surface area (Å²) in [5.41, 5.74) is -0.547. The fourth-order valence-electron chi connectivity index (χ4n) is 2.29. The number of rotatable bonds is 5. The minimum atomic E-state index is -0.547. The first-order chi connectivity index (χ1) is 9.05. The first kappa shape index (κ1) is 12.4. The van der Waals surface area contributed by atoms with Crippen molar-refractivity contribution in [1.29, 1.82) is 0 Å². The summed E-state index contributed by atoms with van der Waals surface area (Å²) in [6, 6.07) is 0. The van der Waals surface area contributed by atoms with E-state index in [0.717, 1.165) is 12.8 Å². The molecule has 1 saturated carbocycles. The number of anilines is 1. The molecule has 8 heteroatoms. The summed E-state index contributed by atoms with van der Waals surface area (Å²) >= 11 is 1.34. The molecule has 0 aromatic carbocycles. The van der Waals surface area contributed by atoms with Crippen molar-refractivity contribution in [2.24, 2.45) is 5.92 Å². The van der Waals surface area contributed by atoms with Gasteiger partial charge in [-0.25, -0.2) is 0 Å². The van der Waals surface area contributed by atoms with Gasteiger partial charge in [0, 0.05) is 5.38 Å². The van der Waals surface area contributed by atoms with Gasteiger partial charge >= 0.3 is 5.82 Å². The van der Waals surface area contributed by atoms with Crippen molar-refractivity contribution in [3.05, 3.63) is 21.7 Å². The van der Waals surface area contributed by atoms with Crippen molar-refractivity contribution >= 4 is 27.9 Å². The van der Waals surface area contributed by atoms with Crippen LogP contribution in [0.5, 0.6) is 0 Å². The average molecular weight is 282 g/mol. The summed E-state index contributed by atoms with van der Waals surface area (Å²) in [5.74, 6) is 0.508. The lowest BCUT2D eigenvalue weighted by Gasteiger charge is -2.28. The fourth-order valence-corrected chi connectivity index (χ4v) is 3.00. The molecule has 0 radical (unpaired) electrons. The van der Waals surface area contributed by atoms with Crippen molar-refractivity contribution in [2.45, 2.75) is 25.3 Å². The Labute approximate surface area is 113 Å². The minimum absolute atomic E-state index is 0.0694. The van der Waals surface area contributed by atoms with Crippen molar-refractivity contribution in [3.63, 3.8) is 0 Å². The first-order valence-corrected chi connectivity index (χ1v) is 6.92. The van der Waals surface area contributed by atoms with Crippen LogP contribution < -0.4 is 5.32 Å². The molecule has 1 aliphatic rings. The lowest BCUT2D eigenvalue weighted by Crippen LogP contribution is -2.41. The number of nitro groups is 1. The number of fused-ring (bicyclic) bond motifs is 1. The zero-order valence-electron chi connectivity index (χ0n) is 10.4. The number of hydrogen-bond donors (Lipinski definition) is 2. The lowest BCUT2D eigenvalue weighted by atomic mass is 9.97. The van der Waals surface area contributed by atoms with Gasteiger partial charge in [-0.3, -0.25) is 0 Å². The maximum Gasteiger partial charge on any atom is 0.372 e. The largest absolute Gasteiger partial charge is 0.394 e. The monoisotopic (exact) mass is 282 g/mol. The van der Waals surface area contributed by atoms with Crippen LogP contribution in [-0.2, 0) is 0 Å². The van der Waals surface area contributed by atoms with Gasteiger partial charge in [-0.05, 0) is 30.6 Å². The predicted octanol–water partition coefficient (Wildman–Crippen LogP) is 1.88. The molecule has 102 valence electrons. The quantitative estimate of drug-likeness (QED) is 0.645. The standard InChI is InChI=1S/C11H14N4O3S/c1-11(6-16,7-2-3-7)13-8-9(15(17)18)14-4-5-19-10(14)12-8/h4-5,7,13,16H,2-3,6H2,1H3. The zero-order chi connectivity index (χ0) is 13.6. The van der Waals surface area contributed by atoms with Gasteiger partial charge in [-0.15, -0.1) is 0 Å². The maximum atomic E-state index is 11.2. The van der Waals surface area contributed by atoms with Crippen molar-refractivity contribution in [3.8, 4) is 0 Å². The third-order valence-electron chi connectivity index (χ3n) is 3.62. The topological polar surface area (TPSA) is 92.7 Å². The molecule has 2 aromatic heterocycles. The van der Waals surface area contributed by atoms with Crippen LogP contribution in [0.3, 0.4) is 0 Å². The van der Waals surface area contributed by atoms with Crippen LogP contribution in [-0.4, -0.2) is 31.6 Å². The molecule has 1 atom stereocenters. The van der Waals surface area contributed by atoms with E-state index in [0.29, 0.717) is 10.9 Å². The highest BCUT2D eigenvalue weighted by Gasteiger charge is 2.43. The van der Waals surface area contributed by atoms with Gasteiger partial charge in [0.1, 0.15) is 6.20 Å². The van der Waals surface area contributed by atoms with Crippen LogP contribution in [0.15, 0.2) is 11.6 Å². The van der Waals surface area contributed by atoms with E-state index in [-0.39, 0.29) is 18.2 Å². The van der Waals surface area contributed by atoms with Gasteiger partial charge in [0.15, 0.2) is 0 Å². The predicted molar refractivity (Wildman–Crippen MR) is 71.6 cm³/mol. The Morgan fingerprint density at radius 2 is 2.47 bits per heavy atom. The average Bonchev–Trinajstić information content (AvgIpc) is 3.04. The van der Waals surface area contributed by atoms with Gasteiger partial charge in [-0.1, -0.05) is 11.3 Å². The van der Waals surface area contributed by atoms with Gasteiger partial charge in [0.25, 0.3) is 4.96 Å². The van der Waals surface area contributed by atoms with Gasteiger partial charge in [0.2, 0.25) is 5.82 Å². The Balaban J connectivity index is 2.02. The molecule has 1 unspecified atom stereocenters. The van der Waals surface area contributed by atoms with Crippen LogP contribution in [0.2, 0.25) is 0 Å². The summed E-state index contributed by atoms with van der Waals surface area (Å²) in [4.78, 5) is 15.6. The SMILES string of the molecule is CC(CO)(Nc1nc2sccn2c1[N+](=O)[O-])C1CC1. The number of thiazole rings is 1. The third kappa shape index (κ3) is 1.96. The molecule has 2 heterocycles. The van der Waals surface area contributed by atoms with E-state index in [2.05, 4.69) is 10.3 Å². The molecule has 2 N–H and O–H groups in total. The van der Waals surface area contributed by atoms with E-state index in [9.17, 15) is 15.2 Å². The van der Waals surface area contributed by atoms with Crippen molar-refractivity contribution in [1.82, 2.24) is 9.38 Å². The second kappa shape index (κ2) is 4.17. The summed E-state index contributed by atoms with van der Waals surface area (Å²) in [6.07, 6.45) is 3.68. The number of nitrogens with zero attached hydrogens (tertiary/aromatic N) is 3. The molecule has 0 amide bonds. The number of aliphatic hydroxyl groups excluding tert-OH is 1. The number of imidazole rings is 1. The van der Waals surface area contributed by atoms with Crippen LogP contribution in [0.25, 0.3) is 4.96 Å². The molecule has 3 rings (SSSR count). The minimum Gasteiger partial charge on any atom is -0.394 e. The third-order valence-corrected chi connectivity index (χ3v) is 4.38. The van der Waals surface area contributed by atoms with E-state index in [1.54, 1.807) is 11.6 Å². The van der Waals surface area contributed by atoms with Crippen molar-refractivity contribution < 1.29 is 10.0 Å². The molecule has 19 heavy (non-hydrogen) atoms. The van der Waals surface area contributed by atoms with E-state index in [1.165, 1.54) is 15.7 Å². The second-order valence-electron chi connectivity index (χ2n) is 5.07. The molecule has 7 nitrogen and oxygen atoms in total. The maximum absolute atomic E-state index is 11.2. The Morgan fingerprint density at radius 3 is 3.05 bits per heavy atom. The molecule has 0 aliphatic heterocycles. The molecule has 0 spiro atoms.